The third kappa shape index (κ3) is 12.4. The van der Waals surface area contributed by atoms with E-state index in [1.807, 2.05) is 27.7 Å². The fourth-order valence-electron chi connectivity index (χ4n) is 9.74. The van der Waals surface area contributed by atoms with Gasteiger partial charge in [0.05, 0.1) is 42.7 Å². The molecule has 4 aliphatic rings. The molecule has 13 heteroatoms. The minimum atomic E-state index is -1.81. The summed E-state index contributed by atoms with van der Waals surface area (Å²) >= 11 is 0. The highest BCUT2D eigenvalue weighted by atomic mass is 16.7. The van der Waals surface area contributed by atoms with Gasteiger partial charge in [-0.15, -0.1) is 0 Å². The largest absolute Gasteiger partial charge is 0.456 e. The molecule has 2 saturated heterocycles. The third-order valence-electron chi connectivity index (χ3n) is 13.3. The summed E-state index contributed by atoms with van der Waals surface area (Å²) < 4.78 is 30.5. The van der Waals surface area contributed by atoms with Crippen LogP contribution in [-0.4, -0.2) is 127 Å². The van der Waals surface area contributed by atoms with Crippen molar-refractivity contribution in [3.63, 3.8) is 0 Å². The van der Waals surface area contributed by atoms with E-state index in [2.05, 4.69) is 38.1 Å². The summed E-state index contributed by atoms with van der Waals surface area (Å²) in [6.45, 7) is 14.6. The second-order valence-corrected chi connectivity index (χ2v) is 17.8. The number of allylic oxidation sites excluding steroid dienone is 3. The van der Waals surface area contributed by atoms with Gasteiger partial charge in [-0.25, -0.2) is 4.79 Å². The molecule has 4 rings (SSSR count). The third-order valence-corrected chi connectivity index (χ3v) is 13.3. The molecule has 3 fully saturated rings. The molecule has 3 aliphatic heterocycles. The number of rotatable bonds is 8. The topological polar surface area (TPSA) is 166 Å². The summed E-state index contributed by atoms with van der Waals surface area (Å²) in [5.41, 5.74) is 2.65. The number of carbonyl (C=O) groups is 2. The Labute approximate surface area is 347 Å². The van der Waals surface area contributed by atoms with Crippen LogP contribution in [0.25, 0.3) is 0 Å². The van der Waals surface area contributed by atoms with Crippen LogP contribution in [0.5, 0.6) is 0 Å². The van der Waals surface area contributed by atoms with Crippen LogP contribution >= 0.6 is 0 Å². The molecule has 0 unspecified atom stereocenters. The van der Waals surface area contributed by atoms with Crippen LogP contribution in [-0.2, 0) is 38.1 Å². The molecule has 1 amide bonds. The number of fused-ring (bicyclic) bond motifs is 3. The smallest absolute Gasteiger partial charge is 0.329 e. The number of esters is 1. The van der Waals surface area contributed by atoms with E-state index in [0.717, 1.165) is 36.8 Å². The molecule has 14 atom stereocenters. The summed E-state index contributed by atoms with van der Waals surface area (Å²) in [6, 6.07) is -0.872. The number of ether oxygens (including phenoxy) is 5. The Balaban J connectivity index is 1.78. The van der Waals surface area contributed by atoms with E-state index in [9.17, 15) is 24.9 Å². The summed E-state index contributed by atoms with van der Waals surface area (Å²) in [7, 11) is 4.88. The van der Waals surface area contributed by atoms with E-state index in [-0.39, 0.29) is 48.7 Å². The van der Waals surface area contributed by atoms with Crippen molar-refractivity contribution in [3.05, 3.63) is 23.3 Å². The zero-order valence-electron chi connectivity index (χ0n) is 37.1. The minimum absolute atomic E-state index is 0.0711. The average Bonchev–Trinajstić information content (AvgIpc) is 3.20. The number of carbonyl (C=O) groups excluding carboxylic acids is 2. The molecular formula is C45H76N2O11. The Hall–Kier alpha value is -2.39. The van der Waals surface area contributed by atoms with Gasteiger partial charge in [0, 0.05) is 52.0 Å². The summed E-state index contributed by atoms with van der Waals surface area (Å²) in [6.07, 6.45) is 6.53. The van der Waals surface area contributed by atoms with Crippen molar-refractivity contribution in [3.8, 4) is 0 Å². The number of nitrogens with zero attached hydrogens (tertiary/aromatic N) is 2. The lowest BCUT2D eigenvalue weighted by Gasteiger charge is -2.48. The molecule has 0 aromatic carbocycles. The minimum Gasteiger partial charge on any atom is -0.456 e. The number of cyclic esters (lactones) is 1. The lowest BCUT2D eigenvalue weighted by Crippen LogP contribution is -2.59. The van der Waals surface area contributed by atoms with Gasteiger partial charge in [-0.1, -0.05) is 50.6 Å². The van der Waals surface area contributed by atoms with E-state index in [1.165, 1.54) is 0 Å². The fourth-order valence-corrected chi connectivity index (χ4v) is 9.74. The van der Waals surface area contributed by atoms with E-state index >= 15 is 0 Å². The number of aliphatic hydroxyl groups is 3. The average molecular weight is 821 g/mol. The zero-order chi connectivity index (χ0) is 42.7. The highest BCUT2D eigenvalue weighted by Crippen LogP contribution is 2.40. The second-order valence-electron chi connectivity index (χ2n) is 17.8. The van der Waals surface area contributed by atoms with Gasteiger partial charge in [-0.2, -0.15) is 0 Å². The van der Waals surface area contributed by atoms with Crippen molar-refractivity contribution in [1.82, 2.24) is 4.90 Å². The molecule has 0 aromatic rings. The molecule has 1 aliphatic carbocycles. The van der Waals surface area contributed by atoms with Gasteiger partial charge in [0.1, 0.15) is 24.9 Å². The maximum atomic E-state index is 14.4. The molecule has 0 radical (unpaired) electrons. The molecule has 1 saturated carbocycles. The van der Waals surface area contributed by atoms with Crippen molar-refractivity contribution in [2.75, 3.05) is 34.5 Å². The van der Waals surface area contributed by atoms with Gasteiger partial charge in [0.15, 0.2) is 5.79 Å². The number of hydrogen-bond donors (Lipinski definition) is 3. The predicted octanol–water partition coefficient (Wildman–Crippen LogP) is 6.12. The van der Waals surface area contributed by atoms with Gasteiger partial charge in [0.2, 0.25) is 5.91 Å². The van der Waals surface area contributed by atoms with Crippen LogP contribution in [0.1, 0.15) is 126 Å². The van der Waals surface area contributed by atoms with Crippen LogP contribution in [0.15, 0.2) is 28.5 Å². The first kappa shape index (κ1) is 48.3. The Morgan fingerprint density at radius 2 is 1.64 bits per heavy atom. The van der Waals surface area contributed by atoms with Gasteiger partial charge in [0.25, 0.3) is 0 Å². The number of oxime groups is 1. The molecule has 3 N–H and O–H groups in total. The van der Waals surface area contributed by atoms with Gasteiger partial charge < -0.3 is 48.7 Å². The quantitative estimate of drug-likeness (QED) is 0.147. The number of amides is 1. The van der Waals surface area contributed by atoms with Crippen LogP contribution < -0.4 is 0 Å². The van der Waals surface area contributed by atoms with Crippen molar-refractivity contribution in [2.45, 2.75) is 180 Å². The molecule has 13 nitrogen and oxygen atoms in total. The van der Waals surface area contributed by atoms with Crippen LogP contribution in [0, 0.1) is 29.6 Å². The van der Waals surface area contributed by atoms with E-state index in [4.69, 9.17) is 28.5 Å². The molecule has 58 heavy (non-hydrogen) atoms. The Bertz CT molecular complexity index is 1420. The van der Waals surface area contributed by atoms with Gasteiger partial charge in [-0.3, -0.25) is 4.79 Å². The van der Waals surface area contributed by atoms with E-state index in [0.29, 0.717) is 57.4 Å². The summed E-state index contributed by atoms with van der Waals surface area (Å²) in [5, 5.41) is 39.2. The summed E-state index contributed by atoms with van der Waals surface area (Å²) in [4.78, 5) is 35.9. The maximum Gasteiger partial charge on any atom is 0.329 e. The lowest BCUT2D eigenvalue weighted by molar-refractivity contribution is -0.321. The summed E-state index contributed by atoms with van der Waals surface area (Å²) in [5.74, 6) is -3.61. The molecule has 2 bridgehead atoms. The Kier molecular flexibility index (Phi) is 18.7. The highest BCUT2D eigenvalue weighted by Gasteiger charge is 2.51. The predicted molar refractivity (Wildman–Crippen MR) is 222 cm³/mol. The Morgan fingerprint density at radius 1 is 0.948 bits per heavy atom. The number of hydrogen-bond acceptors (Lipinski definition) is 12. The van der Waals surface area contributed by atoms with Crippen LogP contribution in [0.4, 0.5) is 0 Å². The van der Waals surface area contributed by atoms with Crippen molar-refractivity contribution < 1.29 is 53.4 Å². The first-order valence-electron chi connectivity index (χ1n) is 22.0. The lowest BCUT2D eigenvalue weighted by atomic mass is 9.81. The first-order valence-corrected chi connectivity index (χ1v) is 22.0. The number of methoxy groups -OCH3 is 3. The molecule has 3 heterocycles. The normalized spacial score (nSPS) is 41.2. The Morgan fingerprint density at radius 3 is 2.29 bits per heavy atom. The molecule has 0 spiro atoms. The van der Waals surface area contributed by atoms with Crippen molar-refractivity contribution in [1.29, 1.82) is 0 Å². The first-order chi connectivity index (χ1) is 27.6. The number of aliphatic hydroxyl groups excluding tert-OH is 2. The fraction of sp³-hybridized carbons (Fsp3) is 0.844. The molecule has 0 aromatic heterocycles. The van der Waals surface area contributed by atoms with Gasteiger partial charge in [-0.05, 0) is 102 Å². The molecule has 332 valence electrons. The van der Waals surface area contributed by atoms with Crippen molar-refractivity contribution >= 4 is 17.6 Å². The van der Waals surface area contributed by atoms with Crippen molar-refractivity contribution in [2.24, 2.45) is 34.7 Å². The zero-order valence-corrected chi connectivity index (χ0v) is 37.1. The molecular weight excluding hydrogens is 744 g/mol. The van der Waals surface area contributed by atoms with Gasteiger partial charge >= 0.3 is 5.97 Å². The maximum absolute atomic E-state index is 14.4. The monoisotopic (exact) mass is 821 g/mol. The highest BCUT2D eigenvalue weighted by molar-refractivity contribution is 5.88. The standard InChI is InChI=1S/C45H76N2O11/c1-11-33-20-27(3)19-28(4)21-39(54-9)43-40(55-10)23-30(6)45(52,58-43)26-41(50)47-18-14-13-15-35(47)44(51)57-42(31(7)37(49)25-34(33)46-56-12-2)29(5)22-32-16-17-36(48)38(24-32)53-8/h20,22,28,30-33,35-40,42-43,48-49,52H,11-19,21,23-26H2,1-10H3/b27-20+,29-22+,46-34-/t28-,30+,31+,32-,33+,35-,36+,37-,38+,39-,40-,42+,43+,45-/m0/s1. The SMILES string of the molecule is CCO/N=C1/C[C@H](O)[C@@H](C)[C@@H](/C(C)=C/[C@@H]2CC[C@@H](O)[C@H](OC)C2)OC(=O)[C@@H]2CCCCN2C(=O)C[C@]2(O)O[C@H]([C@@H](OC)C[C@@H](C)C/C(C)=C/[C@H]1CC)[C@@H](OC)C[C@H]2C. The second kappa shape index (κ2) is 22.5. The number of piperidine rings is 1. The van der Waals surface area contributed by atoms with Crippen LogP contribution in [0.2, 0.25) is 0 Å². The van der Waals surface area contributed by atoms with E-state index < -0.39 is 60.2 Å². The van der Waals surface area contributed by atoms with Crippen LogP contribution in [0.3, 0.4) is 0 Å². The van der Waals surface area contributed by atoms with E-state index in [1.54, 1.807) is 26.2 Å².